The number of piperidine rings is 2. The van der Waals surface area contributed by atoms with Crippen molar-refractivity contribution in [2.75, 3.05) is 7.05 Å². The molecule has 2 aliphatic rings. The SMILES string of the molecule is CN1C2CCCC1CC(O)C2.Cl. The molecular formula is C9H18ClNO. The molecule has 0 aromatic rings. The summed E-state index contributed by atoms with van der Waals surface area (Å²) < 4.78 is 0. The smallest absolute Gasteiger partial charge is 0.0570 e. The summed E-state index contributed by atoms with van der Waals surface area (Å²) in [6.45, 7) is 0. The Bertz CT molecular complexity index is 139. The van der Waals surface area contributed by atoms with Crippen molar-refractivity contribution in [3.05, 3.63) is 0 Å². The maximum atomic E-state index is 9.51. The van der Waals surface area contributed by atoms with E-state index in [1.165, 1.54) is 19.3 Å². The lowest BCUT2D eigenvalue weighted by Crippen LogP contribution is -2.51. The minimum Gasteiger partial charge on any atom is -0.393 e. The summed E-state index contributed by atoms with van der Waals surface area (Å²) in [5, 5.41) is 9.51. The Morgan fingerprint density at radius 3 is 2.17 bits per heavy atom. The molecule has 2 aliphatic heterocycles. The summed E-state index contributed by atoms with van der Waals surface area (Å²) >= 11 is 0. The maximum absolute atomic E-state index is 9.51. The number of aliphatic hydroxyl groups excluding tert-OH is 1. The Hall–Kier alpha value is 0.210. The number of fused-ring (bicyclic) bond motifs is 2. The third kappa shape index (κ3) is 1.76. The van der Waals surface area contributed by atoms with E-state index in [2.05, 4.69) is 11.9 Å². The van der Waals surface area contributed by atoms with Crippen LogP contribution in [0.5, 0.6) is 0 Å². The summed E-state index contributed by atoms with van der Waals surface area (Å²) in [6.07, 6.45) is 5.96. The van der Waals surface area contributed by atoms with E-state index in [4.69, 9.17) is 0 Å². The summed E-state index contributed by atoms with van der Waals surface area (Å²) in [7, 11) is 2.21. The van der Waals surface area contributed by atoms with Crippen molar-refractivity contribution in [3.63, 3.8) is 0 Å². The molecule has 2 fully saturated rings. The third-order valence-corrected chi connectivity index (χ3v) is 3.31. The van der Waals surface area contributed by atoms with Gasteiger partial charge in [-0.2, -0.15) is 0 Å². The van der Waals surface area contributed by atoms with Crippen LogP contribution in [0.2, 0.25) is 0 Å². The lowest BCUT2D eigenvalue weighted by atomic mass is 9.84. The second-order valence-corrected chi connectivity index (χ2v) is 4.03. The molecule has 72 valence electrons. The van der Waals surface area contributed by atoms with Gasteiger partial charge in [0.15, 0.2) is 0 Å². The van der Waals surface area contributed by atoms with Crippen LogP contribution in [0.3, 0.4) is 0 Å². The summed E-state index contributed by atoms with van der Waals surface area (Å²) in [5.41, 5.74) is 0. The van der Waals surface area contributed by atoms with Gasteiger partial charge in [0.2, 0.25) is 0 Å². The minimum absolute atomic E-state index is 0. The lowest BCUT2D eigenvalue weighted by molar-refractivity contribution is -0.0106. The molecule has 0 aliphatic carbocycles. The van der Waals surface area contributed by atoms with Gasteiger partial charge >= 0.3 is 0 Å². The molecule has 0 aromatic heterocycles. The van der Waals surface area contributed by atoms with Gasteiger partial charge in [0.1, 0.15) is 0 Å². The lowest BCUT2D eigenvalue weighted by Gasteiger charge is -2.45. The van der Waals surface area contributed by atoms with Crippen LogP contribution in [0.25, 0.3) is 0 Å². The Morgan fingerprint density at radius 1 is 1.17 bits per heavy atom. The van der Waals surface area contributed by atoms with Crippen molar-refractivity contribution in [2.24, 2.45) is 0 Å². The Balaban J connectivity index is 0.000000720. The zero-order valence-corrected chi connectivity index (χ0v) is 8.39. The molecule has 1 N–H and O–H groups in total. The van der Waals surface area contributed by atoms with Crippen molar-refractivity contribution in [1.29, 1.82) is 0 Å². The van der Waals surface area contributed by atoms with Crippen molar-refractivity contribution in [1.82, 2.24) is 4.90 Å². The molecule has 0 saturated carbocycles. The highest BCUT2D eigenvalue weighted by molar-refractivity contribution is 5.85. The third-order valence-electron chi connectivity index (χ3n) is 3.31. The average Bonchev–Trinajstić information content (AvgIpc) is 1.92. The number of hydrogen-bond acceptors (Lipinski definition) is 2. The number of nitrogens with zero attached hydrogens (tertiary/aromatic N) is 1. The summed E-state index contributed by atoms with van der Waals surface area (Å²) in [6, 6.07) is 1.36. The van der Waals surface area contributed by atoms with Crippen LogP contribution in [-0.4, -0.2) is 35.2 Å². The van der Waals surface area contributed by atoms with Gasteiger partial charge in [0.05, 0.1) is 6.10 Å². The molecule has 2 unspecified atom stereocenters. The topological polar surface area (TPSA) is 23.5 Å². The minimum atomic E-state index is -0.0125. The molecule has 0 spiro atoms. The molecule has 0 radical (unpaired) electrons. The van der Waals surface area contributed by atoms with Crippen LogP contribution in [0.4, 0.5) is 0 Å². The number of aliphatic hydroxyl groups is 1. The zero-order valence-electron chi connectivity index (χ0n) is 7.57. The monoisotopic (exact) mass is 191 g/mol. The molecule has 2 bridgehead atoms. The van der Waals surface area contributed by atoms with Gasteiger partial charge in [0.25, 0.3) is 0 Å². The first-order valence-electron chi connectivity index (χ1n) is 4.67. The molecule has 12 heavy (non-hydrogen) atoms. The average molecular weight is 192 g/mol. The van der Waals surface area contributed by atoms with Crippen molar-refractivity contribution < 1.29 is 5.11 Å². The molecule has 2 atom stereocenters. The first kappa shape index (κ1) is 10.3. The standard InChI is InChI=1S/C9H17NO.ClH/c1-10-7-3-2-4-8(10)6-9(11)5-7;/h7-9,11H,2-6H2,1H3;1H. The Kier molecular flexibility index (Phi) is 3.38. The van der Waals surface area contributed by atoms with Gasteiger partial charge in [-0.1, -0.05) is 6.42 Å². The number of hydrogen-bond donors (Lipinski definition) is 1. The number of rotatable bonds is 0. The van der Waals surface area contributed by atoms with Crippen LogP contribution < -0.4 is 0 Å². The second-order valence-electron chi connectivity index (χ2n) is 4.03. The van der Waals surface area contributed by atoms with Crippen LogP contribution in [0, 0.1) is 0 Å². The molecule has 2 rings (SSSR count). The highest BCUT2D eigenvalue weighted by Crippen LogP contribution is 2.32. The summed E-state index contributed by atoms with van der Waals surface area (Å²) in [4.78, 5) is 2.47. The Morgan fingerprint density at radius 2 is 1.67 bits per heavy atom. The maximum Gasteiger partial charge on any atom is 0.0570 e. The molecule has 2 saturated heterocycles. The van der Waals surface area contributed by atoms with Gasteiger partial charge < -0.3 is 10.0 Å². The van der Waals surface area contributed by atoms with E-state index in [-0.39, 0.29) is 18.5 Å². The van der Waals surface area contributed by atoms with E-state index in [9.17, 15) is 5.11 Å². The van der Waals surface area contributed by atoms with Gasteiger partial charge in [-0.05, 0) is 32.7 Å². The van der Waals surface area contributed by atoms with E-state index >= 15 is 0 Å². The van der Waals surface area contributed by atoms with Crippen LogP contribution in [-0.2, 0) is 0 Å². The quantitative estimate of drug-likeness (QED) is 0.626. The van der Waals surface area contributed by atoms with Crippen molar-refractivity contribution >= 4 is 12.4 Å². The first-order valence-corrected chi connectivity index (χ1v) is 4.67. The highest BCUT2D eigenvalue weighted by Gasteiger charge is 2.34. The second kappa shape index (κ2) is 3.95. The van der Waals surface area contributed by atoms with E-state index in [1.807, 2.05) is 0 Å². The number of halogens is 1. The normalized spacial score (nSPS) is 42.0. The predicted octanol–water partition coefficient (Wildman–Crippen LogP) is 1.42. The van der Waals surface area contributed by atoms with Crippen LogP contribution >= 0.6 is 12.4 Å². The molecule has 0 aromatic carbocycles. The van der Waals surface area contributed by atoms with Crippen molar-refractivity contribution in [2.45, 2.75) is 50.3 Å². The molecule has 3 heteroatoms. The van der Waals surface area contributed by atoms with Gasteiger partial charge in [-0.3, -0.25) is 0 Å². The van der Waals surface area contributed by atoms with E-state index in [0.717, 1.165) is 12.8 Å². The fourth-order valence-electron chi connectivity index (χ4n) is 2.59. The molecular weight excluding hydrogens is 174 g/mol. The highest BCUT2D eigenvalue weighted by atomic mass is 35.5. The fourth-order valence-corrected chi connectivity index (χ4v) is 2.59. The zero-order chi connectivity index (χ0) is 7.84. The summed E-state index contributed by atoms with van der Waals surface area (Å²) in [5.74, 6) is 0. The first-order chi connectivity index (χ1) is 5.27. The van der Waals surface area contributed by atoms with E-state index in [1.54, 1.807) is 0 Å². The molecule has 0 amide bonds. The van der Waals surface area contributed by atoms with Gasteiger partial charge in [-0.15, -0.1) is 12.4 Å². The predicted molar refractivity (Wildman–Crippen MR) is 51.7 cm³/mol. The van der Waals surface area contributed by atoms with Crippen LogP contribution in [0.15, 0.2) is 0 Å². The largest absolute Gasteiger partial charge is 0.393 e. The fraction of sp³-hybridized carbons (Fsp3) is 1.00. The van der Waals surface area contributed by atoms with E-state index in [0.29, 0.717) is 12.1 Å². The van der Waals surface area contributed by atoms with Crippen LogP contribution in [0.1, 0.15) is 32.1 Å². The van der Waals surface area contributed by atoms with Crippen molar-refractivity contribution in [3.8, 4) is 0 Å². The molecule has 2 heterocycles. The van der Waals surface area contributed by atoms with Gasteiger partial charge in [-0.25, -0.2) is 0 Å². The molecule has 2 nitrogen and oxygen atoms in total. The Labute approximate surface area is 80.4 Å². The van der Waals surface area contributed by atoms with E-state index < -0.39 is 0 Å². The van der Waals surface area contributed by atoms with Gasteiger partial charge in [0, 0.05) is 12.1 Å².